The van der Waals surface area contributed by atoms with Gasteiger partial charge in [-0.25, -0.2) is 9.97 Å². The van der Waals surface area contributed by atoms with Gasteiger partial charge in [0.2, 0.25) is 0 Å². The molecule has 0 amide bonds. The van der Waals surface area contributed by atoms with Crippen molar-refractivity contribution in [2.75, 3.05) is 24.6 Å². The van der Waals surface area contributed by atoms with Crippen LogP contribution in [0.15, 0.2) is 6.07 Å². The van der Waals surface area contributed by atoms with Gasteiger partial charge < -0.3 is 15.7 Å². The van der Waals surface area contributed by atoms with E-state index in [0.717, 1.165) is 36.8 Å². The quantitative estimate of drug-likeness (QED) is 0.802. The van der Waals surface area contributed by atoms with Gasteiger partial charge in [-0.3, -0.25) is 0 Å². The lowest BCUT2D eigenvalue weighted by Crippen LogP contribution is -2.23. The van der Waals surface area contributed by atoms with Crippen LogP contribution in [0, 0.1) is 0 Å². The molecule has 0 spiro atoms. The van der Waals surface area contributed by atoms with E-state index in [0.29, 0.717) is 0 Å². The van der Waals surface area contributed by atoms with E-state index in [2.05, 4.69) is 14.9 Å². The van der Waals surface area contributed by atoms with Crippen molar-refractivity contribution in [2.24, 2.45) is 5.73 Å². The second-order valence-electron chi connectivity index (χ2n) is 4.40. The molecule has 1 aromatic heterocycles. The zero-order chi connectivity index (χ0) is 12.3. The van der Waals surface area contributed by atoms with Crippen molar-refractivity contribution in [2.45, 2.75) is 32.2 Å². The van der Waals surface area contributed by atoms with E-state index < -0.39 is 6.04 Å². The smallest absolute Gasteiger partial charge is 0.132 e. The minimum absolute atomic E-state index is 0.0837. The Bertz CT molecular complexity index is 377. The lowest BCUT2D eigenvalue weighted by atomic mass is 10.2. The van der Waals surface area contributed by atoms with Crippen molar-refractivity contribution < 1.29 is 5.11 Å². The Hall–Kier alpha value is -1.20. The maximum atomic E-state index is 9.11. The Labute approximate surface area is 102 Å². The SMILES string of the molecule is CCc1nc(C(N)CO)cc(N2CCCC2)n1. The number of hydrogen-bond donors (Lipinski definition) is 2. The highest BCUT2D eigenvalue weighted by atomic mass is 16.3. The Morgan fingerprint density at radius 3 is 2.71 bits per heavy atom. The predicted octanol–water partition coefficient (Wildman–Crippen LogP) is 0.631. The number of anilines is 1. The van der Waals surface area contributed by atoms with Crippen molar-refractivity contribution in [3.8, 4) is 0 Å². The van der Waals surface area contributed by atoms with E-state index >= 15 is 0 Å². The van der Waals surface area contributed by atoms with Crippen LogP contribution in [-0.4, -0.2) is 34.8 Å². The third kappa shape index (κ3) is 2.73. The first-order chi connectivity index (χ1) is 8.24. The number of nitrogens with two attached hydrogens (primary N) is 1. The molecule has 1 atom stereocenters. The molecule has 1 unspecified atom stereocenters. The van der Waals surface area contributed by atoms with Gasteiger partial charge in [0.1, 0.15) is 11.6 Å². The van der Waals surface area contributed by atoms with E-state index in [1.54, 1.807) is 0 Å². The molecule has 2 heterocycles. The Morgan fingerprint density at radius 2 is 2.12 bits per heavy atom. The average Bonchev–Trinajstić information content (AvgIpc) is 2.91. The molecule has 2 rings (SSSR count). The second-order valence-corrected chi connectivity index (χ2v) is 4.40. The molecule has 1 aromatic rings. The van der Waals surface area contributed by atoms with Gasteiger partial charge in [0.05, 0.1) is 18.3 Å². The fourth-order valence-corrected chi connectivity index (χ4v) is 2.05. The molecule has 1 saturated heterocycles. The summed E-state index contributed by atoms with van der Waals surface area (Å²) in [5.74, 6) is 1.75. The molecular formula is C12H20N4O. The van der Waals surface area contributed by atoms with Crippen LogP contribution in [0.3, 0.4) is 0 Å². The highest BCUT2D eigenvalue weighted by Crippen LogP contribution is 2.20. The number of rotatable bonds is 4. The second kappa shape index (κ2) is 5.42. The minimum Gasteiger partial charge on any atom is -0.394 e. The van der Waals surface area contributed by atoms with Crippen molar-refractivity contribution in [1.82, 2.24) is 9.97 Å². The van der Waals surface area contributed by atoms with Gasteiger partial charge in [-0.2, -0.15) is 0 Å². The predicted molar refractivity (Wildman–Crippen MR) is 66.9 cm³/mol. The third-order valence-corrected chi connectivity index (χ3v) is 3.10. The maximum absolute atomic E-state index is 9.11. The third-order valence-electron chi connectivity index (χ3n) is 3.10. The number of nitrogens with zero attached hydrogens (tertiary/aromatic N) is 3. The van der Waals surface area contributed by atoms with Gasteiger partial charge in [-0.1, -0.05) is 6.92 Å². The van der Waals surface area contributed by atoms with Crippen molar-refractivity contribution in [3.63, 3.8) is 0 Å². The van der Waals surface area contributed by atoms with E-state index in [9.17, 15) is 0 Å². The van der Waals surface area contributed by atoms with E-state index in [-0.39, 0.29) is 6.61 Å². The minimum atomic E-state index is -0.412. The molecule has 3 N–H and O–H groups in total. The van der Waals surface area contributed by atoms with Crippen LogP contribution in [0.1, 0.15) is 37.3 Å². The zero-order valence-electron chi connectivity index (χ0n) is 10.3. The fourth-order valence-electron chi connectivity index (χ4n) is 2.05. The first-order valence-electron chi connectivity index (χ1n) is 6.23. The van der Waals surface area contributed by atoms with Gasteiger partial charge in [0.15, 0.2) is 0 Å². The van der Waals surface area contributed by atoms with Crippen molar-refractivity contribution in [1.29, 1.82) is 0 Å². The number of aromatic nitrogens is 2. The standard InChI is InChI=1S/C12H20N4O/c1-2-11-14-10(9(13)8-17)7-12(15-11)16-5-3-4-6-16/h7,9,17H,2-6,8,13H2,1H3. The molecule has 1 aliphatic heterocycles. The lowest BCUT2D eigenvalue weighted by molar-refractivity contribution is 0.265. The van der Waals surface area contributed by atoms with Crippen LogP contribution < -0.4 is 10.6 Å². The number of aryl methyl sites for hydroxylation is 1. The summed E-state index contributed by atoms with van der Waals surface area (Å²) in [7, 11) is 0. The molecule has 1 aliphatic rings. The summed E-state index contributed by atoms with van der Waals surface area (Å²) in [5, 5.41) is 9.11. The molecule has 0 aliphatic carbocycles. The molecule has 17 heavy (non-hydrogen) atoms. The van der Waals surface area contributed by atoms with Crippen LogP contribution in [0.5, 0.6) is 0 Å². The Morgan fingerprint density at radius 1 is 1.41 bits per heavy atom. The summed E-state index contributed by atoms with van der Waals surface area (Å²) in [6, 6.07) is 1.50. The van der Waals surface area contributed by atoms with Crippen LogP contribution in [0.4, 0.5) is 5.82 Å². The molecule has 0 bridgehead atoms. The number of hydrogen-bond acceptors (Lipinski definition) is 5. The van der Waals surface area contributed by atoms with Crippen LogP contribution in [-0.2, 0) is 6.42 Å². The summed E-state index contributed by atoms with van der Waals surface area (Å²) in [6.45, 7) is 4.04. The average molecular weight is 236 g/mol. The first-order valence-corrected chi connectivity index (χ1v) is 6.23. The molecular weight excluding hydrogens is 216 g/mol. The van der Waals surface area contributed by atoms with Crippen molar-refractivity contribution >= 4 is 5.82 Å². The van der Waals surface area contributed by atoms with E-state index in [4.69, 9.17) is 10.8 Å². The molecule has 0 aromatic carbocycles. The Kier molecular flexibility index (Phi) is 3.91. The summed E-state index contributed by atoms with van der Waals surface area (Å²) >= 11 is 0. The zero-order valence-corrected chi connectivity index (χ0v) is 10.3. The highest BCUT2D eigenvalue weighted by Gasteiger charge is 2.17. The van der Waals surface area contributed by atoms with E-state index in [1.165, 1.54) is 12.8 Å². The monoisotopic (exact) mass is 236 g/mol. The maximum Gasteiger partial charge on any atom is 0.132 e. The van der Waals surface area contributed by atoms with Crippen molar-refractivity contribution in [3.05, 3.63) is 17.6 Å². The molecule has 1 fully saturated rings. The van der Waals surface area contributed by atoms with Gasteiger partial charge in [-0.15, -0.1) is 0 Å². The summed E-state index contributed by atoms with van der Waals surface area (Å²) in [6.07, 6.45) is 3.21. The molecule has 0 radical (unpaired) electrons. The Balaban J connectivity index is 2.30. The van der Waals surface area contributed by atoms with Crippen LogP contribution in [0.2, 0.25) is 0 Å². The summed E-state index contributed by atoms with van der Waals surface area (Å²) in [4.78, 5) is 11.2. The summed E-state index contributed by atoms with van der Waals surface area (Å²) in [5.41, 5.74) is 6.56. The first kappa shape index (κ1) is 12.3. The van der Waals surface area contributed by atoms with Crippen LogP contribution in [0.25, 0.3) is 0 Å². The van der Waals surface area contributed by atoms with Gasteiger partial charge in [-0.05, 0) is 12.8 Å². The molecule has 0 saturated carbocycles. The summed E-state index contributed by atoms with van der Waals surface area (Å²) < 4.78 is 0. The lowest BCUT2D eigenvalue weighted by Gasteiger charge is -2.19. The van der Waals surface area contributed by atoms with Crippen LogP contribution >= 0.6 is 0 Å². The normalized spacial score (nSPS) is 17.5. The van der Waals surface area contributed by atoms with E-state index in [1.807, 2.05) is 13.0 Å². The molecule has 5 nitrogen and oxygen atoms in total. The largest absolute Gasteiger partial charge is 0.394 e. The van der Waals surface area contributed by atoms with Gasteiger partial charge in [0.25, 0.3) is 0 Å². The molecule has 5 heteroatoms. The van der Waals surface area contributed by atoms with Gasteiger partial charge in [0, 0.05) is 25.6 Å². The van der Waals surface area contributed by atoms with Gasteiger partial charge >= 0.3 is 0 Å². The molecule has 94 valence electrons. The number of aliphatic hydroxyl groups excluding tert-OH is 1. The fraction of sp³-hybridized carbons (Fsp3) is 0.667. The number of aliphatic hydroxyl groups is 1. The highest BCUT2D eigenvalue weighted by molar-refractivity contribution is 5.41. The topological polar surface area (TPSA) is 75.3 Å².